The van der Waals surface area contributed by atoms with Crippen molar-refractivity contribution >= 4 is 17.7 Å². The summed E-state index contributed by atoms with van der Waals surface area (Å²) in [6.45, 7) is 0.440. The third-order valence-corrected chi connectivity index (χ3v) is 4.63. The Labute approximate surface area is 95.0 Å². The maximum Gasteiger partial charge on any atom is 0.223 e. The zero-order valence-electron chi connectivity index (χ0n) is 9.00. The van der Waals surface area contributed by atoms with Crippen molar-refractivity contribution in [1.29, 1.82) is 0 Å². The van der Waals surface area contributed by atoms with E-state index in [1.54, 1.807) is 11.8 Å². The minimum atomic E-state index is -0.640. The van der Waals surface area contributed by atoms with E-state index < -0.39 is 5.60 Å². The highest BCUT2D eigenvalue weighted by Crippen LogP contribution is 2.28. The molecule has 1 saturated carbocycles. The van der Waals surface area contributed by atoms with E-state index in [9.17, 15) is 9.90 Å². The molecule has 0 spiro atoms. The van der Waals surface area contributed by atoms with Crippen LogP contribution in [0.5, 0.6) is 0 Å². The average Bonchev–Trinajstić information content (AvgIpc) is 2.85. The van der Waals surface area contributed by atoms with Crippen LogP contribution in [0.25, 0.3) is 0 Å². The van der Waals surface area contributed by atoms with Crippen LogP contribution in [0.3, 0.4) is 0 Å². The van der Waals surface area contributed by atoms with Crippen LogP contribution >= 0.6 is 11.8 Å². The predicted octanol–water partition coefficient (Wildman–Crippen LogP) is 1.16. The predicted molar refractivity (Wildman–Crippen MR) is 61.9 cm³/mol. The fourth-order valence-electron chi connectivity index (χ4n) is 2.32. The van der Waals surface area contributed by atoms with Gasteiger partial charge in [-0.2, -0.15) is 11.8 Å². The SMILES string of the molecule is O=C(NCC1(O)CCSC1)C1CCCC1. The average molecular weight is 229 g/mol. The smallest absolute Gasteiger partial charge is 0.223 e. The van der Waals surface area contributed by atoms with Crippen LogP contribution in [-0.2, 0) is 4.79 Å². The van der Waals surface area contributed by atoms with E-state index in [0.717, 1.165) is 30.8 Å². The Morgan fingerprint density at radius 2 is 2.20 bits per heavy atom. The maximum absolute atomic E-state index is 11.7. The fraction of sp³-hybridized carbons (Fsp3) is 0.909. The van der Waals surface area contributed by atoms with Gasteiger partial charge < -0.3 is 10.4 Å². The molecular weight excluding hydrogens is 210 g/mol. The molecule has 2 N–H and O–H groups in total. The van der Waals surface area contributed by atoms with E-state index in [0.29, 0.717) is 6.54 Å². The number of aliphatic hydroxyl groups is 1. The second-order valence-electron chi connectivity index (χ2n) is 4.73. The van der Waals surface area contributed by atoms with Gasteiger partial charge in [-0.15, -0.1) is 0 Å². The van der Waals surface area contributed by atoms with Crippen LogP contribution in [0.1, 0.15) is 32.1 Å². The Morgan fingerprint density at radius 3 is 2.80 bits per heavy atom. The van der Waals surface area contributed by atoms with Gasteiger partial charge >= 0.3 is 0 Å². The summed E-state index contributed by atoms with van der Waals surface area (Å²) in [6, 6.07) is 0. The molecule has 1 aliphatic carbocycles. The molecule has 0 radical (unpaired) electrons. The van der Waals surface area contributed by atoms with E-state index in [-0.39, 0.29) is 11.8 Å². The third kappa shape index (κ3) is 2.88. The van der Waals surface area contributed by atoms with E-state index in [2.05, 4.69) is 5.32 Å². The van der Waals surface area contributed by atoms with Crippen molar-refractivity contribution in [3.8, 4) is 0 Å². The van der Waals surface area contributed by atoms with E-state index in [4.69, 9.17) is 0 Å². The molecule has 4 heteroatoms. The molecule has 0 bridgehead atoms. The van der Waals surface area contributed by atoms with Crippen molar-refractivity contribution in [3.05, 3.63) is 0 Å². The number of amides is 1. The molecule has 1 unspecified atom stereocenters. The topological polar surface area (TPSA) is 49.3 Å². The molecule has 2 rings (SSSR count). The lowest BCUT2D eigenvalue weighted by Gasteiger charge is -2.22. The Balaban J connectivity index is 1.74. The van der Waals surface area contributed by atoms with Crippen LogP contribution in [0, 0.1) is 5.92 Å². The number of hydrogen-bond acceptors (Lipinski definition) is 3. The molecule has 1 saturated heterocycles. The Kier molecular flexibility index (Phi) is 3.57. The maximum atomic E-state index is 11.7. The van der Waals surface area contributed by atoms with Crippen LogP contribution in [0.2, 0.25) is 0 Å². The minimum absolute atomic E-state index is 0.151. The van der Waals surface area contributed by atoms with E-state index >= 15 is 0 Å². The van der Waals surface area contributed by atoms with Gasteiger partial charge in [0.05, 0.1) is 5.60 Å². The van der Waals surface area contributed by atoms with Crippen LogP contribution in [-0.4, -0.2) is 34.7 Å². The first-order valence-corrected chi connectivity index (χ1v) is 6.93. The zero-order chi connectivity index (χ0) is 10.7. The highest BCUT2D eigenvalue weighted by Gasteiger charge is 2.33. The highest BCUT2D eigenvalue weighted by molar-refractivity contribution is 7.99. The number of carbonyl (C=O) groups excluding carboxylic acids is 1. The number of hydrogen-bond donors (Lipinski definition) is 2. The molecule has 1 amide bonds. The number of carbonyl (C=O) groups is 1. The first-order chi connectivity index (χ1) is 7.20. The van der Waals surface area contributed by atoms with Crippen molar-refractivity contribution in [1.82, 2.24) is 5.32 Å². The van der Waals surface area contributed by atoms with Crippen LogP contribution in [0.4, 0.5) is 0 Å². The number of thioether (sulfide) groups is 1. The summed E-state index contributed by atoms with van der Waals surface area (Å²) < 4.78 is 0. The monoisotopic (exact) mass is 229 g/mol. The summed E-state index contributed by atoms with van der Waals surface area (Å²) >= 11 is 1.76. The van der Waals surface area contributed by atoms with Crippen molar-refractivity contribution in [2.24, 2.45) is 5.92 Å². The second kappa shape index (κ2) is 4.74. The Bertz CT molecular complexity index is 233. The van der Waals surface area contributed by atoms with Gasteiger partial charge in [-0.1, -0.05) is 12.8 Å². The lowest BCUT2D eigenvalue weighted by atomic mass is 10.0. The minimum Gasteiger partial charge on any atom is -0.387 e. The van der Waals surface area contributed by atoms with Crippen molar-refractivity contribution in [2.45, 2.75) is 37.7 Å². The summed E-state index contributed by atoms with van der Waals surface area (Å²) in [5, 5.41) is 13.0. The van der Waals surface area contributed by atoms with Gasteiger partial charge in [-0.05, 0) is 25.0 Å². The molecule has 86 valence electrons. The largest absolute Gasteiger partial charge is 0.387 e. The molecule has 0 aromatic rings. The van der Waals surface area contributed by atoms with Gasteiger partial charge in [0.1, 0.15) is 0 Å². The summed E-state index contributed by atoms with van der Waals surface area (Å²) in [7, 11) is 0. The summed E-state index contributed by atoms with van der Waals surface area (Å²) in [4.78, 5) is 11.7. The van der Waals surface area contributed by atoms with Crippen LogP contribution in [0.15, 0.2) is 0 Å². The molecule has 0 aromatic heterocycles. The Morgan fingerprint density at radius 1 is 1.47 bits per heavy atom. The molecule has 3 nitrogen and oxygen atoms in total. The van der Waals surface area contributed by atoms with Crippen molar-refractivity contribution < 1.29 is 9.90 Å². The first kappa shape index (κ1) is 11.3. The van der Waals surface area contributed by atoms with Gasteiger partial charge in [-0.3, -0.25) is 4.79 Å². The van der Waals surface area contributed by atoms with Gasteiger partial charge in [0.15, 0.2) is 0 Å². The first-order valence-electron chi connectivity index (χ1n) is 5.77. The normalized spacial score (nSPS) is 32.1. The van der Waals surface area contributed by atoms with Crippen molar-refractivity contribution in [3.63, 3.8) is 0 Å². The summed E-state index contributed by atoms with van der Waals surface area (Å²) in [5.74, 6) is 2.13. The quantitative estimate of drug-likeness (QED) is 0.763. The molecule has 2 fully saturated rings. The fourth-order valence-corrected chi connectivity index (χ4v) is 3.61. The second-order valence-corrected chi connectivity index (χ2v) is 5.83. The van der Waals surface area contributed by atoms with Gasteiger partial charge in [0.2, 0.25) is 5.91 Å². The lowest BCUT2D eigenvalue weighted by Crippen LogP contribution is -2.44. The molecule has 2 aliphatic rings. The molecule has 1 aliphatic heterocycles. The molecular formula is C11H19NO2S. The molecule has 15 heavy (non-hydrogen) atoms. The molecule has 1 atom stereocenters. The van der Waals surface area contributed by atoms with E-state index in [1.807, 2.05) is 0 Å². The number of rotatable bonds is 3. The van der Waals surface area contributed by atoms with Crippen LogP contribution < -0.4 is 5.32 Å². The third-order valence-electron chi connectivity index (χ3n) is 3.40. The summed E-state index contributed by atoms with van der Waals surface area (Å²) in [6.07, 6.45) is 5.22. The lowest BCUT2D eigenvalue weighted by molar-refractivity contribution is -0.125. The van der Waals surface area contributed by atoms with Gasteiger partial charge in [0, 0.05) is 18.2 Å². The molecule has 1 heterocycles. The highest BCUT2D eigenvalue weighted by atomic mass is 32.2. The van der Waals surface area contributed by atoms with Crippen molar-refractivity contribution in [2.75, 3.05) is 18.1 Å². The summed E-state index contributed by atoms with van der Waals surface area (Å²) in [5.41, 5.74) is -0.640. The molecule has 0 aromatic carbocycles. The van der Waals surface area contributed by atoms with Gasteiger partial charge in [0.25, 0.3) is 0 Å². The zero-order valence-corrected chi connectivity index (χ0v) is 9.81. The Hall–Kier alpha value is -0.220. The standard InChI is InChI=1S/C11H19NO2S/c13-10(9-3-1-2-4-9)12-7-11(14)5-6-15-8-11/h9,14H,1-8H2,(H,12,13). The van der Waals surface area contributed by atoms with E-state index in [1.165, 1.54) is 12.8 Å². The van der Waals surface area contributed by atoms with Gasteiger partial charge in [-0.25, -0.2) is 0 Å². The number of nitrogens with one attached hydrogen (secondary N) is 1.